The van der Waals surface area contributed by atoms with E-state index in [9.17, 15) is 4.79 Å². The van der Waals surface area contributed by atoms with Crippen molar-refractivity contribution < 1.29 is 4.79 Å². The van der Waals surface area contributed by atoms with Crippen LogP contribution in [-0.2, 0) is 4.79 Å². The number of unbranched alkanes of at least 4 members (excludes halogenated alkanes) is 13. The second-order valence-corrected chi connectivity index (χ2v) is 7.84. The molecule has 0 bridgehead atoms. The minimum absolute atomic E-state index is 0.383. The lowest BCUT2D eigenvalue weighted by molar-refractivity contribution is 0.161. The van der Waals surface area contributed by atoms with Crippen molar-refractivity contribution in [1.29, 1.82) is 0 Å². The van der Waals surface area contributed by atoms with Crippen LogP contribution in [0.15, 0.2) is 0 Å². The second-order valence-electron chi connectivity index (χ2n) is 7.84. The summed E-state index contributed by atoms with van der Waals surface area (Å²) in [5.74, 6) is 0. The lowest BCUT2D eigenvalue weighted by Gasteiger charge is -2.35. The molecule has 1 aliphatic rings. The highest BCUT2D eigenvalue weighted by Gasteiger charge is 2.20. The van der Waals surface area contributed by atoms with Crippen LogP contribution >= 0.6 is 0 Å². The van der Waals surface area contributed by atoms with Crippen molar-refractivity contribution in [1.82, 2.24) is 10.2 Å². The van der Waals surface area contributed by atoms with Gasteiger partial charge in [-0.05, 0) is 13.0 Å². The van der Waals surface area contributed by atoms with Crippen molar-refractivity contribution in [3.05, 3.63) is 0 Å². The van der Waals surface area contributed by atoms with Crippen LogP contribution in [0.4, 0.5) is 0 Å². The number of hydrogen-bond acceptors (Lipinski definition) is 3. The maximum Gasteiger partial charge on any atom is 0.200 e. The van der Waals surface area contributed by atoms with Crippen molar-refractivity contribution in [2.45, 2.75) is 109 Å². The van der Waals surface area contributed by atoms with Gasteiger partial charge in [0.1, 0.15) is 0 Å². The van der Waals surface area contributed by atoms with E-state index < -0.39 is 0 Å². The summed E-state index contributed by atoms with van der Waals surface area (Å²) in [7, 11) is 0. The van der Waals surface area contributed by atoms with Gasteiger partial charge >= 0.3 is 0 Å². The van der Waals surface area contributed by atoms with E-state index in [1.807, 2.05) is 0 Å². The minimum Gasteiger partial charge on any atom is -0.314 e. The van der Waals surface area contributed by atoms with E-state index in [4.69, 9.17) is 0 Å². The molecule has 25 heavy (non-hydrogen) atoms. The zero-order valence-corrected chi connectivity index (χ0v) is 16.9. The third kappa shape index (κ3) is 12.6. The molecule has 1 radical (unpaired) electrons. The van der Waals surface area contributed by atoms with Gasteiger partial charge in [0.05, 0.1) is 0 Å². The summed E-state index contributed by atoms with van der Waals surface area (Å²) in [6, 6.07) is 0.383. The Morgan fingerprint density at radius 3 is 1.88 bits per heavy atom. The molecule has 0 aliphatic carbocycles. The summed E-state index contributed by atoms with van der Waals surface area (Å²) in [6.07, 6.45) is 22.4. The lowest BCUT2D eigenvalue weighted by atomic mass is 10.0. The van der Waals surface area contributed by atoms with E-state index >= 15 is 0 Å². The highest BCUT2D eigenvalue weighted by molar-refractivity contribution is 5.51. The van der Waals surface area contributed by atoms with Crippen molar-refractivity contribution in [2.24, 2.45) is 0 Å². The highest BCUT2D eigenvalue weighted by atomic mass is 16.1. The molecule has 3 nitrogen and oxygen atoms in total. The Kier molecular flexibility index (Phi) is 15.4. The summed E-state index contributed by atoms with van der Waals surface area (Å²) in [6.45, 7) is 6.55. The zero-order valence-electron chi connectivity index (χ0n) is 16.9. The molecule has 0 aromatic heterocycles. The van der Waals surface area contributed by atoms with E-state index in [1.165, 1.54) is 89.9 Å². The average molecular weight is 352 g/mol. The molecule has 0 amide bonds. The Hall–Kier alpha value is -0.410. The summed E-state index contributed by atoms with van der Waals surface area (Å²) in [4.78, 5) is 13.1. The molecule has 1 atom stereocenters. The molecule has 1 heterocycles. The Morgan fingerprint density at radius 2 is 1.36 bits per heavy atom. The quantitative estimate of drug-likeness (QED) is 0.364. The average Bonchev–Trinajstić information content (AvgIpc) is 2.63. The van der Waals surface area contributed by atoms with E-state index in [-0.39, 0.29) is 0 Å². The maximum atomic E-state index is 10.6. The summed E-state index contributed by atoms with van der Waals surface area (Å²) < 4.78 is 0. The molecule has 1 N–H and O–H groups in total. The van der Waals surface area contributed by atoms with Crippen LogP contribution in [0.3, 0.4) is 0 Å². The fourth-order valence-corrected chi connectivity index (χ4v) is 3.90. The van der Waals surface area contributed by atoms with Crippen molar-refractivity contribution >= 4 is 6.29 Å². The Bertz CT molecular complexity index is 296. The van der Waals surface area contributed by atoms with E-state index in [1.54, 1.807) is 0 Å². The first kappa shape index (κ1) is 22.6. The van der Waals surface area contributed by atoms with Gasteiger partial charge in [-0.2, -0.15) is 0 Å². The van der Waals surface area contributed by atoms with Gasteiger partial charge in [0.25, 0.3) is 0 Å². The number of carbonyl (C=O) groups excluding carboxylic acids is 1. The van der Waals surface area contributed by atoms with E-state index in [0.717, 1.165) is 26.2 Å². The van der Waals surface area contributed by atoms with Crippen molar-refractivity contribution in [3.63, 3.8) is 0 Å². The molecular weight excluding hydrogens is 308 g/mol. The van der Waals surface area contributed by atoms with Gasteiger partial charge in [0.2, 0.25) is 0 Å². The van der Waals surface area contributed by atoms with Crippen LogP contribution in [0.2, 0.25) is 0 Å². The van der Waals surface area contributed by atoms with Crippen LogP contribution in [0.25, 0.3) is 0 Å². The van der Waals surface area contributed by atoms with Gasteiger partial charge < -0.3 is 5.32 Å². The zero-order chi connectivity index (χ0) is 18.0. The van der Waals surface area contributed by atoms with Crippen LogP contribution in [0.5, 0.6) is 0 Å². The second kappa shape index (κ2) is 17.0. The predicted octanol–water partition coefficient (Wildman–Crippen LogP) is 5.24. The van der Waals surface area contributed by atoms with Gasteiger partial charge in [-0.15, -0.1) is 0 Å². The third-order valence-electron chi connectivity index (χ3n) is 5.59. The van der Waals surface area contributed by atoms with Gasteiger partial charge in [-0.25, -0.2) is 0 Å². The van der Waals surface area contributed by atoms with E-state index in [0.29, 0.717) is 12.5 Å². The van der Waals surface area contributed by atoms with Crippen molar-refractivity contribution in [3.8, 4) is 0 Å². The standard InChI is InChI=1S/C22H43N2O/c1-2-3-4-5-6-7-8-9-10-11-12-13-14-15-18-24-19-17-23-21-22(24)16-20-25/h22-23H,2-19,21H2,1H3. The first-order chi connectivity index (χ1) is 12.4. The molecule has 0 aromatic carbocycles. The van der Waals surface area contributed by atoms with Gasteiger partial charge in [-0.1, -0.05) is 90.4 Å². The summed E-state index contributed by atoms with van der Waals surface area (Å²) in [5, 5.41) is 3.38. The molecule has 1 aliphatic heterocycles. The van der Waals surface area contributed by atoms with Gasteiger partial charge in [0.15, 0.2) is 6.29 Å². The molecule has 1 fully saturated rings. The normalized spacial score (nSPS) is 18.5. The molecule has 0 saturated carbocycles. The summed E-state index contributed by atoms with van der Waals surface area (Å²) in [5.41, 5.74) is 0. The molecule has 3 heteroatoms. The van der Waals surface area contributed by atoms with Crippen LogP contribution < -0.4 is 5.32 Å². The minimum atomic E-state index is 0.383. The number of hydrogen-bond donors (Lipinski definition) is 1. The Labute approximate surface area is 157 Å². The molecular formula is C22H43N2O. The molecule has 1 saturated heterocycles. The molecule has 0 spiro atoms. The van der Waals surface area contributed by atoms with Crippen LogP contribution in [0.1, 0.15) is 103 Å². The number of nitrogens with one attached hydrogen (secondary N) is 1. The maximum absolute atomic E-state index is 10.6. The number of piperazine rings is 1. The predicted molar refractivity (Wildman–Crippen MR) is 109 cm³/mol. The first-order valence-electron chi connectivity index (χ1n) is 11.2. The highest BCUT2D eigenvalue weighted by Crippen LogP contribution is 2.14. The van der Waals surface area contributed by atoms with Crippen molar-refractivity contribution in [2.75, 3.05) is 26.2 Å². The first-order valence-corrected chi connectivity index (χ1v) is 11.2. The van der Waals surface area contributed by atoms with Gasteiger partial charge in [-0.3, -0.25) is 9.69 Å². The Morgan fingerprint density at radius 1 is 0.840 bits per heavy atom. The Balaban J connectivity index is 1.82. The van der Waals surface area contributed by atoms with Crippen LogP contribution in [0, 0.1) is 0 Å². The third-order valence-corrected chi connectivity index (χ3v) is 5.59. The monoisotopic (exact) mass is 351 g/mol. The smallest absolute Gasteiger partial charge is 0.200 e. The number of rotatable bonds is 17. The molecule has 1 rings (SSSR count). The summed E-state index contributed by atoms with van der Waals surface area (Å²) >= 11 is 0. The van der Waals surface area contributed by atoms with Gasteiger partial charge in [0, 0.05) is 32.1 Å². The SMILES string of the molecule is CCCCCCCCCCCCCCCCN1CCNCC1C[C]=O. The number of nitrogens with zero attached hydrogens (tertiary/aromatic N) is 1. The lowest BCUT2D eigenvalue weighted by Crippen LogP contribution is -2.51. The largest absolute Gasteiger partial charge is 0.314 e. The molecule has 0 aromatic rings. The topological polar surface area (TPSA) is 32.3 Å². The fourth-order valence-electron chi connectivity index (χ4n) is 3.90. The van der Waals surface area contributed by atoms with Crippen LogP contribution in [-0.4, -0.2) is 43.4 Å². The molecule has 1 unspecified atom stereocenters. The fraction of sp³-hybridized carbons (Fsp3) is 0.955. The van der Waals surface area contributed by atoms with E-state index in [2.05, 4.69) is 23.4 Å². The molecule has 147 valence electrons.